The molecule has 0 aliphatic carbocycles. The molecule has 1 saturated heterocycles. The van der Waals surface area contributed by atoms with Crippen molar-refractivity contribution < 1.29 is 13.2 Å². The van der Waals surface area contributed by atoms with Gasteiger partial charge in [-0.1, -0.05) is 12.1 Å². The van der Waals surface area contributed by atoms with E-state index in [0.717, 1.165) is 42.5 Å². The summed E-state index contributed by atoms with van der Waals surface area (Å²) in [5.41, 5.74) is 1.90. The highest BCUT2D eigenvalue weighted by Gasteiger charge is 2.30. The molecule has 1 aliphatic heterocycles. The highest BCUT2D eigenvalue weighted by Crippen LogP contribution is 2.30. The van der Waals surface area contributed by atoms with E-state index in [1.807, 2.05) is 29.1 Å². The predicted octanol–water partition coefficient (Wildman–Crippen LogP) is 5.36. The number of likely N-dealkylation sites (tertiary alicyclic amines) is 1. The number of aromatic nitrogens is 3. The Hall–Kier alpha value is -3.39. The minimum Gasteiger partial charge on any atom is -0.303 e. The number of aryl methyl sites for hydroxylation is 1. The number of alkyl halides is 3. The van der Waals surface area contributed by atoms with Gasteiger partial charge in [-0.2, -0.15) is 18.3 Å². The van der Waals surface area contributed by atoms with Crippen LogP contribution in [-0.2, 0) is 12.7 Å². The van der Waals surface area contributed by atoms with Gasteiger partial charge in [-0.05, 0) is 86.4 Å². The van der Waals surface area contributed by atoms with Crippen LogP contribution in [0.15, 0.2) is 71.8 Å². The van der Waals surface area contributed by atoms with Gasteiger partial charge in [0.1, 0.15) is 0 Å². The molecular weight excluding hydrogens is 441 g/mol. The summed E-state index contributed by atoms with van der Waals surface area (Å²) in [6.07, 6.45) is 2.70. The molecular formula is C26H25F3N4O. The van der Waals surface area contributed by atoms with Crippen molar-refractivity contribution in [2.45, 2.75) is 32.0 Å². The summed E-state index contributed by atoms with van der Waals surface area (Å²) in [5.74, 6) is 0. The van der Waals surface area contributed by atoms with E-state index in [-0.39, 0.29) is 5.56 Å². The van der Waals surface area contributed by atoms with E-state index in [2.05, 4.69) is 10.00 Å². The van der Waals surface area contributed by atoms with E-state index in [1.165, 1.54) is 48.7 Å². The van der Waals surface area contributed by atoms with Crippen molar-refractivity contribution in [3.8, 4) is 16.8 Å². The van der Waals surface area contributed by atoms with Crippen LogP contribution in [0.1, 0.15) is 24.8 Å². The van der Waals surface area contributed by atoms with Gasteiger partial charge >= 0.3 is 6.18 Å². The highest BCUT2D eigenvalue weighted by molar-refractivity contribution is 5.81. The van der Waals surface area contributed by atoms with Gasteiger partial charge < -0.3 is 4.90 Å². The first-order chi connectivity index (χ1) is 16.4. The third-order valence-electron chi connectivity index (χ3n) is 6.41. The summed E-state index contributed by atoms with van der Waals surface area (Å²) in [5, 5.41) is 5.48. The van der Waals surface area contributed by atoms with Crippen molar-refractivity contribution in [2.75, 3.05) is 19.6 Å². The Morgan fingerprint density at radius 3 is 2.35 bits per heavy atom. The van der Waals surface area contributed by atoms with Gasteiger partial charge in [0.2, 0.25) is 0 Å². The summed E-state index contributed by atoms with van der Waals surface area (Å²) >= 11 is 0. The molecule has 34 heavy (non-hydrogen) atoms. The molecule has 0 atom stereocenters. The Kier molecular flexibility index (Phi) is 6.00. The molecule has 4 aromatic rings. The molecule has 176 valence electrons. The lowest BCUT2D eigenvalue weighted by molar-refractivity contribution is -0.137. The van der Waals surface area contributed by atoms with E-state index in [9.17, 15) is 18.0 Å². The van der Waals surface area contributed by atoms with E-state index in [1.54, 1.807) is 12.3 Å². The Bertz CT molecular complexity index is 1350. The fourth-order valence-corrected chi connectivity index (χ4v) is 4.58. The zero-order valence-corrected chi connectivity index (χ0v) is 18.6. The smallest absolute Gasteiger partial charge is 0.303 e. The summed E-state index contributed by atoms with van der Waals surface area (Å²) in [7, 11) is 0. The maximum Gasteiger partial charge on any atom is 0.416 e. The molecule has 3 heterocycles. The number of hydrogen-bond donors (Lipinski definition) is 0. The molecule has 0 radical (unpaired) electrons. The quantitative estimate of drug-likeness (QED) is 0.384. The third kappa shape index (κ3) is 4.63. The zero-order chi connectivity index (χ0) is 23.7. The van der Waals surface area contributed by atoms with Crippen molar-refractivity contribution in [1.29, 1.82) is 0 Å². The van der Waals surface area contributed by atoms with Crippen molar-refractivity contribution in [3.05, 3.63) is 82.9 Å². The molecule has 5 nitrogen and oxygen atoms in total. The maximum absolute atomic E-state index is 12.8. The number of halogens is 3. The molecule has 1 aliphatic rings. The van der Waals surface area contributed by atoms with Crippen molar-refractivity contribution in [2.24, 2.45) is 0 Å². The van der Waals surface area contributed by atoms with Crippen LogP contribution in [0, 0.1) is 0 Å². The minimum absolute atomic E-state index is 0.255. The molecule has 0 saturated carbocycles. The molecule has 0 spiro atoms. The molecule has 0 N–H and O–H groups in total. The summed E-state index contributed by atoms with van der Waals surface area (Å²) in [6, 6.07) is 13.8. The van der Waals surface area contributed by atoms with Gasteiger partial charge in [-0.3, -0.25) is 14.0 Å². The van der Waals surface area contributed by atoms with Gasteiger partial charge in [0.05, 0.1) is 17.3 Å². The van der Waals surface area contributed by atoms with Crippen LogP contribution in [0.25, 0.3) is 27.7 Å². The van der Waals surface area contributed by atoms with E-state index >= 15 is 0 Å². The largest absolute Gasteiger partial charge is 0.416 e. The molecule has 0 amide bonds. The molecule has 0 bridgehead atoms. The Morgan fingerprint density at radius 2 is 1.65 bits per heavy atom. The second kappa shape index (κ2) is 9.10. The van der Waals surface area contributed by atoms with Crippen molar-refractivity contribution in [1.82, 2.24) is 19.2 Å². The minimum atomic E-state index is -4.39. The van der Waals surface area contributed by atoms with Crippen molar-refractivity contribution in [3.63, 3.8) is 0 Å². The normalized spacial score (nSPS) is 14.8. The summed E-state index contributed by atoms with van der Waals surface area (Å²) in [6.45, 7) is 4.31. The fraction of sp³-hybridized carbons (Fsp3) is 0.308. The van der Waals surface area contributed by atoms with Crippen LogP contribution >= 0.6 is 0 Å². The summed E-state index contributed by atoms with van der Waals surface area (Å²) < 4.78 is 41.9. The molecule has 2 aromatic heterocycles. The second-order valence-electron chi connectivity index (χ2n) is 8.71. The molecule has 2 aromatic carbocycles. The van der Waals surface area contributed by atoms with Gasteiger partial charge in [0.25, 0.3) is 5.56 Å². The summed E-state index contributed by atoms with van der Waals surface area (Å²) in [4.78, 5) is 15.3. The average molecular weight is 467 g/mol. The van der Waals surface area contributed by atoms with Crippen LogP contribution in [-0.4, -0.2) is 38.9 Å². The van der Waals surface area contributed by atoms with Crippen LogP contribution in [0.4, 0.5) is 13.2 Å². The number of nitrogens with zero attached hydrogens (tertiary/aromatic N) is 4. The zero-order valence-electron chi connectivity index (χ0n) is 18.6. The van der Waals surface area contributed by atoms with Crippen LogP contribution in [0.2, 0.25) is 0 Å². The van der Waals surface area contributed by atoms with Gasteiger partial charge in [0.15, 0.2) is 0 Å². The van der Waals surface area contributed by atoms with Crippen LogP contribution in [0.5, 0.6) is 0 Å². The molecule has 0 unspecified atom stereocenters. The lowest BCUT2D eigenvalue weighted by Gasteiger charge is -2.14. The standard InChI is InChI=1S/C26H25F3N4O/c27-26(28,29)22-6-4-19(5-7-22)20-10-15-32(25(34)17-20)23-8-9-24-21(16-23)18-30-33(24)14-3-13-31-11-1-2-12-31/h4-10,15-18H,1-3,11-14H2. The first-order valence-corrected chi connectivity index (χ1v) is 11.5. The van der Waals surface area contributed by atoms with Gasteiger partial charge in [-0.25, -0.2) is 0 Å². The highest BCUT2D eigenvalue weighted by atomic mass is 19.4. The second-order valence-corrected chi connectivity index (χ2v) is 8.71. The Balaban J connectivity index is 1.33. The number of fused-ring (bicyclic) bond motifs is 1. The lowest BCUT2D eigenvalue weighted by Crippen LogP contribution is -2.21. The molecule has 5 rings (SSSR count). The number of benzene rings is 2. The lowest BCUT2D eigenvalue weighted by atomic mass is 10.0. The maximum atomic E-state index is 12.8. The monoisotopic (exact) mass is 466 g/mol. The number of rotatable bonds is 6. The first kappa shape index (κ1) is 22.4. The van der Waals surface area contributed by atoms with E-state index in [4.69, 9.17) is 0 Å². The predicted molar refractivity (Wildman–Crippen MR) is 126 cm³/mol. The fourth-order valence-electron chi connectivity index (χ4n) is 4.58. The van der Waals surface area contributed by atoms with Gasteiger partial charge in [0, 0.05) is 29.9 Å². The number of pyridine rings is 1. The van der Waals surface area contributed by atoms with Crippen molar-refractivity contribution >= 4 is 10.9 Å². The molecule has 1 fully saturated rings. The first-order valence-electron chi connectivity index (χ1n) is 11.5. The van der Waals surface area contributed by atoms with Crippen LogP contribution in [0.3, 0.4) is 0 Å². The number of hydrogen-bond acceptors (Lipinski definition) is 3. The SMILES string of the molecule is O=c1cc(-c2ccc(C(F)(F)F)cc2)ccn1-c1ccc2c(cnn2CCCN2CCCC2)c1. The Labute approximate surface area is 195 Å². The molecule has 8 heteroatoms. The van der Waals surface area contributed by atoms with E-state index < -0.39 is 11.7 Å². The van der Waals surface area contributed by atoms with E-state index in [0.29, 0.717) is 16.8 Å². The third-order valence-corrected chi connectivity index (χ3v) is 6.41. The average Bonchev–Trinajstić information content (AvgIpc) is 3.48. The Morgan fingerprint density at radius 1 is 0.882 bits per heavy atom. The van der Waals surface area contributed by atoms with Gasteiger partial charge in [-0.15, -0.1) is 0 Å². The van der Waals surface area contributed by atoms with Crippen LogP contribution < -0.4 is 5.56 Å². The topological polar surface area (TPSA) is 43.1 Å².